The molecule has 10 rings (SSSR count). The van der Waals surface area contributed by atoms with Gasteiger partial charge in [-0.1, -0.05) is 80.9 Å². The van der Waals surface area contributed by atoms with Gasteiger partial charge in [-0.05, 0) is 93.0 Å². The number of piperazine rings is 1. The van der Waals surface area contributed by atoms with Crippen LogP contribution in [0, 0.1) is 18.3 Å². The predicted molar refractivity (Wildman–Crippen MR) is 299 cm³/mol. The molecule has 5 aromatic rings. The lowest BCUT2D eigenvalue weighted by Gasteiger charge is -2.37. The molecule has 2 aromatic heterocycles. The number of benzene rings is 3. The van der Waals surface area contributed by atoms with E-state index in [0.717, 1.165) is 119 Å². The van der Waals surface area contributed by atoms with Crippen LogP contribution in [0.2, 0.25) is 5.02 Å². The fourth-order valence-electron chi connectivity index (χ4n) is 12.1. The zero-order valence-electron chi connectivity index (χ0n) is 44.7. The van der Waals surface area contributed by atoms with Gasteiger partial charge in [0.1, 0.15) is 24.8 Å². The smallest absolute Gasteiger partial charge is 0.318 e. The van der Waals surface area contributed by atoms with Crippen LogP contribution in [0.3, 0.4) is 0 Å². The van der Waals surface area contributed by atoms with Crippen molar-refractivity contribution in [3.8, 4) is 16.5 Å². The number of fused-ring (bicyclic) bond motifs is 4. The van der Waals surface area contributed by atoms with Crippen molar-refractivity contribution in [2.45, 2.75) is 128 Å². The number of hydrogen-bond acceptors (Lipinski definition) is 15. The Morgan fingerprint density at radius 1 is 1.00 bits per heavy atom. The van der Waals surface area contributed by atoms with E-state index in [1.807, 2.05) is 76.5 Å². The number of rotatable bonds is 20. The number of carbonyl (C=O) groups is 3. The van der Waals surface area contributed by atoms with Crippen LogP contribution in [-0.2, 0) is 32.1 Å². The molecule has 4 saturated heterocycles. The fourth-order valence-corrected chi connectivity index (χ4v) is 13.2. The highest BCUT2D eigenvalue weighted by Gasteiger charge is 2.44. The first-order valence-corrected chi connectivity index (χ1v) is 28.7. The van der Waals surface area contributed by atoms with Gasteiger partial charge in [-0.3, -0.25) is 14.5 Å². The molecule has 3 unspecified atom stereocenters. The number of hydrogen-bond donors (Lipinski definition) is 4. The number of β-amino-alcohol motifs (C(OH)–C–C–N with tert-alkyl or cyclic N) is 1. The quantitative estimate of drug-likeness (QED) is 0.0458. The van der Waals surface area contributed by atoms with E-state index in [-0.39, 0.29) is 50.0 Å². The highest BCUT2D eigenvalue weighted by atomic mass is 35.5. The van der Waals surface area contributed by atoms with Crippen LogP contribution >= 0.6 is 22.9 Å². The second kappa shape index (κ2) is 23.8. The summed E-state index contributed by atoms with van der Waals surface area (Å²) in [4.78, 5) is 65.2. The summed E-state index contributed by atoms with van der Waals surface area (Å²) < 4.78 is 12.7. The number of thiazole rings is 1. The van der Waals surface area contributed by atoms with Gasteiger partial charge in [0.25, 0.3) is 0 Å². The van der Waals surface area contributed by atoms with Crippen molar-refractivity contribution in [2.24, 2.45) is 11.3 Å². The van der Waals surface area contributed by atoms with Gasteiger partial charge < -0.3 is 50.0 Å². The molecular weight excluding hydrogens is 1000 g/mol. The van der Waals surface area contributed by atoms with Crippen LogP contribution in [0.25, 0.3) is 21.2 Å². The highest BCUT2D eigenvalue weighted by Crippen LogP contribution is 2.38. The maximum atomic E-state index is 14.4. The molecular formula is C58H75ClN10O6S. The average molecular weight is 1080 g/mol. The van der Waals surface area contributed by atoms with Gasteiger partial charge in [-0.15, -0.1) is 11.3 Å². The van der Waals surface area contributed by atoms with E-state index in [1.165, 1.54) is 23.3 Å². The second-order valence-corrected chi connectivity index (χ2v) is 24.0. The lowest BCUT2D eigenvalue weighted by molar-refractivity contribution is -0.142. The molecule has 4 fully saturated rings. The van der Waals surface area contributed by atoms with E-state index in [9.17, 15) is 19.5 Å². The number of aromatic nitrogens is 3. The Kier molecular flexibility index (Phi) is 16.9. The monoisotopic (exact) mass is 1070 g/mol. The van der Waals surface area contributed by atoms with E-state index in [4.69, 9.17) is 31.0 Å². The molecule has 5 aliphatic rings. The molecule has 8 atom stereocenters. The molecule has 0 spiro atoms. The normalized spacial score (nSPS) is 22.9. The molecule has 2 amide bonds. The fraction of sp³-hybridized carbons (Fsp3) is 0.552. The SMILES string of the molecule is Cc1ncsc1-c1ccc([C@H](C)NC(=O)[C@@H]2C[C@@H](O)CN2C(=O)[C@@H](NCC(C=O)COCCCN2CCC[C@H]2COc2nc3c(c(N4CC5CCC(C4)N5)n2)CCN(c2cccc4cccc(Cl)c24)C3)C(C)(C)C)cc1. The lowest BCUT2D eigenvalue weighted by Crippen LogP contribution is -2.57. The molecule has 7 heterocycles. The molecule has 0 saturated carbocycles. The summed E-state index contributed by atoms with van der Waals surface area (Å²) in [7, 11) is 0. The van der Waals surface area contributed by atoms with E-state index >= 15 is 0 Å². The van der Waals surface area contributed by atoms with Crippen molar-refractivity contribution < 1.29 is 29.0 Å². The van der Waals surface area contributed by atoms with Crippen LogP contribution < -0.4 is 30.5 Å². The van der Waals surface area contributed by atoms with Gasteiger partial charge in [0.2, 0.25) is 11.8 Å². The number of carbonyl (C=O) groups excluding carboxylic acids is 3. The number of likely N-dealkylation sites (tertiary alicyclic amines) is 2. The van der Waals surface area contributed by atoms with Crippen LogP contribution in [0.4, 0.5) is 11.5 Å². The summed E-state index contributed by atoms with van der Waals surface area (Å²) in [5, 5.41) is 24.0. The molecule has 18 heteroatoms. The van der Waals surface area contributed by atoms with Gasteiger partial charge in [0.15, 0.2) is 0 Å². The lowest BCUT2D eigenvalue weighted by atomic mass is 9.85. The third-order valence-electron chi connectivity index (χ3n) is 16.2. The Morgan fingerprint density at radius 2 is 1.78 bits per heavy atom. The number of aryl methyl sites for hydroxylation is 1. The highest BCUT2D eigenvalue weighted by molar-refractivity contribution is 7.13. The first-order chi connectivity index (χ1) is 36.7. The van der Waals surface area contributed by atoms with Crippen LogP contribution in [-0.4, -0.2) is 150 Å². The number of nitrogens with zero attached hydrogens (tertiary/aromatic N) is 7. The van der Waals surface area contributed by atoms with Gasteiger partial charge in [0, 0.05) is 87.1 Å². The Bertz CT molecular complexity index is 2830. The largest absolute Gasteiger partial charge is 0.462 e. The first-order valence-electron chi connectivity index (χ1n) is 27.5. The van der Waals surface area contributed by atoms with E-state index in [0.29, 0.717) is 37.9 Å². The maximum Gasteiger partial charge on any atom is 0.318 e. The predicted octanol–water partition coefficient (Wildman–Crippen LogP) is 7.13. The molecule has 0 radical (unpaired) electrons. The number of anilines is 2. The van der Waals surface area contributed by atoms with Gasteiger partial charge in [-0.25, -0.2) is 4.98 Å². The Hall–Kier alpha value is -5.27. The number of halogens is 1. The molecule has 16 nitrogen and oxygen atoms in total. The molecule has 3 aromatic carbocycles. The summed E-state index contributed by atoms with van der Waals surface area (Å²) in [6.07, 6.45) is 6.29. The van der Waals surface area contributed by atoms with Crippen molar-refractivity contribution in [3.05, 3.63) is 93.7 Å². The number of aldehydes is 1. The van der Waals surface area contributed by atoms with Crippen molar-refractivity contribution in [1.82, 2.24) is 40.7 Å². The number of aliphatic hydroxyl groups is 1. The number of nitrogens with one attached hydrogen (secondary N) is 3. The maximum absolute atomic E-state index is 14.4. The Labute approximate surface area is 456 Å². The van der Waals surface area contributed by atoms with Crippen molar-refractivity contribution in [1.29, 1.82) is 0 Å². The summed E-state index contributed by atoms with van der Waals surface area (Å²) >= 11 is 8.41. The van der Waals surface area contributed by atoms with Crippen molar-refractivity contribution in [3.63, 3.8) is 0 Å². The van der Waals surface area contributed by atoms with E-state index in [1.54, 1.807) is 11.3 Å². The molecule has 76 heavy (non-hydrogen) atoms. The topological polar surface area (TPSA) is 178 Å². The Morgan fingerprint density at radius 3 is 2.51 bits per heavy atom. The van der Waals surface area contributed by atoms with Gasteiger partial charge in [-0.2, -0.15) is 9.97 Å². The summed E-state index contributed by atoms with van der Waals surface area (Å²) in [5.41, 5.74) is 7.59. The third kappa shape index (κ3) is 12.2. The van der Waals surface area contributed by atoms with Crippen molar-refractivity contribution in [2.75, 3.05) is 75.4 Å². The molecule has 0 aliphatic carbocycles. The van der Waals surface area contributed by atoms with E-state index in [2.05, 4.69) is 59.9 Å². The van der Waals surface area contributed by atoms with Crippen molar-refractivity contribution >= 4 is 63.3 Å². The summed E-state index contributed by atoms with van der Waals surface area (Å²) in [5.74, 6) is -0.0675. The number of ether oxygens (including phenoxy) is 2. The molecule has 2 bridgehead atoms. The van der Waals surface area contributed by atoms with Gasteiger partial charge in [0.05, 0.1) is 64.1 Å². The van der Waals surface area contributed by atoms with Gasteiger partial charge >= 0.3 is 6.01 Å². The van der Waals surface area contributed by atoms with Crippen LogP contribution in [0.5, 0.6) is 6.01 Å². The zero-order chi connectivity index (χ0) is 53.1. The number of aliphatic hydroxyl groups excluding tert-OH is 1. The zero-order valence-corrected chi connectivity index (χ0v) is 46.3. The van der Waals surface area contributed by atoms with Crippen LogP contribution in [0.15, 0.2) is 66.2 Å². The molecule has 4 N–H and O–H groups in total. The minimum Gasteiger partial charge on any atom is -0.462 e. The summed E-state index contributed by atoms with van der Waals surface area (Å²) in [6, 6.07) is 20.2. The molecule has 5 aliphatic heterocycles. The average Bonchev–Trinajstić information content (AvgIpc) is 4.24. The minimum atomic E-state index is -0.834. The second-order valence-electron chi connectivity index (χ2n) is 22.8. The third-order valence-corrected chi connectivity index (χ3v) is 17.5. The number of amides is 2. The van der Waals surface area contributed by atoms with E-state index < -0.39 is 29.5 Å². The standard InChI is InChI=1S/C58H75ClN10O6S/c1-36(39-15-17-41(18-16-39)52-37(2)61-35-76-52)62-55(72)50-26-45(71)30-69(50)56(73)53(58(3,4)5)60-27-38(32-70)33-74-25-9-23-66-22-8-12-44(66)34-75-57-64-48-31-67(49-14-7-11-40-10-6-13-47(59)51(40)49)24-21-46(48)54(65-57)68-28-42-19-20-43(29-68)63-42/h6-7,10-11,13-18,32,35-36,38,42-45,50,53,60,63,71H,8-9,12,19-31,33-34H2,1-5H3,(H,62,72)/t36-,38?,42?,43?,44-,45+,50-,53+/m0/s1. The summed E-state index contributed by atoms with van der Waals surface area (Å²) in [6.45, 7) is 16.4. The van der Waals surface area contributed by atoms with Crippen LogP contribution in [0.1, 0.15) is 94.8 Å². The Balaban J connectivity index is 0.708. The minimum absolute atomic E-state index is 0.0509. The molecule has 406 valence electrons. The first kappa shape index (κ1) is 54.1.